The van der Waals surface area contributed by atoms with E-state index in [1.165, 1.54) is 17.7 Å². The largest absolute Gasteiger partial charge is 0.350 e. The van der Waals surface area contributed by atoms with Crippen LogP contribution < -0.4 is 5.32 Å². The van der Waals surface area contributed by atoms with E-state index in [1.54, 1.807) is 0 Å². The summed E-state index contributed by atoms with van der Waals surface area (Å²) in [6, 6.07) is 9.92. The lowest BCUT2D eigenvalue weighted by Crippen LogP contribution is -2.30. The van der Waals surface area contributed by atoms with Crippen molar-refractivity contribution < 1.29 is 4.79 Å². The Labute approximate surface area is 138 Å². The fourth-order valence-corrected chi connectivity index (χ4v) is 3.27. The Morgan fingerprint density at radius 2 is 2.09 bits per heavy atom. The molecule has 2 heterocycles. The number of rotatable bonds is 5. The molecule has 0 unspecified atom stereocenters. The maximum atomic E-state index is 12.4. The third kappa shape index (κ3) is 3.45. The number of H-pyrrole nitrogens is 1. The molecule has 6 nitrogen and oxygen atoms in total. The summed E-state index contributed by atoms with van der Waals surface area (Å²) in [6.07, 6.45) is 1.47. The molecule has 0 aliphatic heterocycles. The van der Waals surface area contributed by atoms with E-state index in [2.05, 4.69) is 25.5 Å². The number of hydrogen-bond acceptors (Lipinski definition) is 5. The molecule has 2 aromatic heterocycles. The average molecular weight is 327 g/mol. The SMILES string of the molecule is Cc1nc(C(=O)NC[C@H](c2ccccc2)c2ncn[nH]2)c(C)s1. The Morgan fingerprint density at radius 1 is 1.30 bits per heavy atom. The summed E-state index contributed by atoms with van der Waals surface area (Å²) in [7, 11) is 0. The number of carbonyl (C=O) groups is 1. The molecule has 3 rings (SSSR count). The van der Waals surface area contributed by atoms with Crippen LogP contribution >= 0.6 is 11.3 Å². The number of aryl methyl sites for hydroxylation is 2. The van der Waals surface area contributed by atoms with Crippen molar-refractivity contribution in [2.24, 2.45) is 0 Å². The Kier molecular flexibility index (Phi) is 4.47. The summed E-state index contributed by atoms with van der Waals surface area (Å²) in [5, 5.41) is 10.6. The second-order valence-corrected chi connectivity index (χ2v) is 6.59. The second-order valence-electron chi connectivity index (χ2n) is 5.18. The Hall–Kier alpha value is -2.54. The van der Waals surface area contributed by atoms with Gasteiger partial charge >= 0.3 is 0 Å². The average Bonchev–Trinajstić information content (AvgIpc) is 3.18. The lowest BCUT2D eigenvalue weighted by molar-refractivity contribution is 0.0947. The van der Waals surface area contributed by atoms with Gasteiger partial charge in [-0.05, 0) is 19.4 Å². The fraction of sp³-hybridized carbons (Fsp3) is 0.250. The third-order valence-electron chi connectivity index (χ3n) is 3.55. The van der Waals surface area contributed by atoms with E-state index in [0.29, 0.717) is 12.2 Å². The monoisotopic (exact) mass is 327 g/mol. The molecular weight excluding hydrogens is 310 g/mol. The highest BCUT2D eigenvalue weighted by Crippen LogP contribution is 2.21. The van der Waals surface area contributed by atoms with Gasteiger partial charge in [0.2, 0.25) is 0 Å². The molecule has 1 atom stereocenters. The van der Waals surface area contributed by atoms with E-state index in [4.69, 9.17) is 0 Å². The molecular formula is C16H17N5OS. The summed E-state index contributed by atoms with van der Waals surface area (Å²) in [6.45, 7) is 4.23. The molecule has 2 N–H and O–H groups in total. The van der Waals surface area contributed by atoms with E-state index >= 15 is 0 Å². The summed E-state index contributed by atoms with van der Waals surface area (Å²) < 4.78 is 0. The van der Waals surface area contributed by atoms with Crippen molar-refractivity contribution in [2.75, 3.05) is 6.54 Å². The van der Waals surface area contributed by atoms with E-state index in [0.717, 1.165) is 21.3 Å². The molecule has 0 fully saturated rings. The van der Waals surface area contributed by atoms with Crippen LogP contribution in [0.3, 0.4) is 0 Å². The fourth-order valence-electron chi connectivity index (χ4n) is 2.46. The van der Waals surface area contributed by atoms with Gasteiger partial charge in [0.15, 0.2) is 0 Å². The van der Waals surface area contributed by atoms with Crippen molar-refractivity contribution >= 4 is 17.2 Å². The van der Waals surface area contributed by atoms with Crippen molar-refractivity contribution in [2.45, 2.75) is 19.8 Å². The van der Waals surface area contributed by atoms with Gasteiger partial charge in [0, 0.05) is 11.4 Å². The van der Waals surface area contributed by atoms with Crippen molar-refractivity contribution in [3.05, 3.63) is 63.6 Å². The smallest absolute Gasteiger partial charge is 0.271 e. The zero-order valence-corrected chi connectivity index (χ0v) is 13.7. The number of nitrogens with zero attached hydrogens (tertiary/aromatic N) is 3. The van der Waals surface area contributed by atoms with Crippen LogP contribution in [0.15, 0.2) is 36.7 Å². The number of nitrogens with one attached hydrogen (secondary N) is 2. The quantitative estimate of drug-likeness (QED) is 0.754. The van der Waals surface area contributed by atoms with E-state index in [-0.39, 0.29) is 11.8 Å². The highest BCUT2D eigenvalue weighted by Gasteiger charge is 2.20. The first kappa shape index (κ1) is 15.4. The highest BCUT2D eigenvalue weighted by atomic mass is 32.1. The van der Waals surface area contributed by atoms with Crippen molar-refractivity contribution in [1.82, 2.24) is 25.5 Å². The zero-order valence-electron chi connectivity index (χ0n) is 12.9. The van der Waals surface area contributed by atoms with Gasteiger partial charge in [0.05, 0.1) is 10.9 Å². The summed E-state index contributed by atoms with van der Waals surface area (Å²) in [4.78, 5) is 21.8. The van der Waals surface area contributed by atoms with Gasteiger partial charge in [-0.1, -0.05) is 30.3 Å². The lowest BCUT2D eigenvalue weighted by Gasteiger charge is -2.15. The molecule has 0 bridgehead atoms. The molecule has 118 valence electrons. The Balaban J connectivity index is 1.77. The van der Waals surface area contributed by atoms with Crippen LogP contribution in [0.5, 0.6) is 0 Å². The molecule has 0 saturated heterocycles. The molecule has 0 radical (unpaired) electrons. The molecule has 0 aliphatic carbocycles. The predicted molar refractivity (Wildman–Crippen MR) is 88.6 cm³/mol. The lowest BCUT2D eigenvalue weighted by atomic mass is 9.98. The van der Waals surface area contributed by atoms with E-state index < -0.39 is 0 Å². The number of carbonyl (C=O) groups excluding carboxylic acids is 1. The highest BCUT2D eigenvalue weighted by molar-refractivity contribution is 7.11. The summed E-state index contributed by atoms with van der Waals surface area (Å²) in [5.74, 6) is 0.484. The molecule has 1 amide bonds. The molecule has 7 heteroatoms. The third-order valence-corrected chi connectivity index (χ3v) is 4.44. The van der Waals surface area contributed by atoms with E-state index in [1.807, 2.05) is 44.2 Å². The second kappa shape index (κ2) is 6.70. The summed E-state index contributed by atoms with van der Waals surface area (Å²) >= 11 is 1.53. The molecule has 0 spiro atoms. The van der Waals surface area contributed by atoms with Gasteiger partial charge < -0.3 is 5.32 Å². The van der Waals surface area contributed by atoms with Gasteiger partial charge in [-0.15, -0.1) is 11.3 Å². The van der Waals surface area contributed by atoms with Crippen molar-refractivity contribution in [1.29, 1.82) is 0 Å². The molecule has 1 aromatic carbocycles. The molecule has 0 aliphatic rings. The standard InChI is InChI=1S/C16H17N5OS/c1-10-14(20-11(2)23-10)16(22)17-8-13(15-18-9-19-21-15)12-6-4-3-5-7-12/h3-7,9,13H,8H2,1-2H3,(H,17,22)(H,18,19,21)/t13-/m1/s1. The summed E-state index contributed by atoms with van der Waals surface area (Å²) in [5.41, 5.74) is 1.56. The van der Waals surface area contributed by atoms with Crippen LogP contribution in [0.25, 0.3) is 0 Å². The number of benzene rings is 1. The first-order valence-electron chi connectivity index (χ1n) is 7.27. The van der Waals surface area contributed by atoms with Crippen LogP contribution in [0.1, 0.15) is 37.7 Å². The first-order chi connectivity index (χ1) is 11.1. The molecule has 23 heavy (non-hydrogen) atoms. The number of aromatic amines is 1. The van der Waals surface area contributed by atoms with Crippen LogP contribution in [-0.4, -0.2) is 32.6 Å². The van der Waals surface area contributed by atoms with Crippen LogP contribution in [-0.2, 0) is 0 Å². The number of aromatic nitrogens is 4. The Bertz CT molecular complexity index is 782. The molecule has 3 aromatic rings. The Morgan fingerprint density at radius 3 is 2.70 bits per heavy atom. The van der Waals surface area contributed by atoms with Crippen LogP contribution in [0, 0.1) is 13.8 Å². The predicted octanol–water partition coefficient (Wildman–Crippen LogP) is 2.44. The minimum atomic E-state index is -0.160. The molecule has 0 saturated carbocycles. The van der Waals surface area contributed by atoms with Gasteiger partial charge in [-0.2, -0.15) is 5.10 Å². The van der Waals surface area contributed by atoms with Gasteiger partial charge in [-0.3, -0.25) is 9.89 Å². The van der Waals surface area contributed by atoms with Crippen molar-refractivity contribution in [3.8, 4) is 0 Å². The van der Waals surface area contributed by atoms with Crippen LogP contribution in [0.2, 0.25) is 0 Å². The normalized spacial score (nSPS) is 12.1. The van der Waals surface area contributed by atoms with Gasteiger partial charge in [-0.25, -0.2) is 9.97 Å². The minimum Gasteiger partial charge on any atom is -0.350 e. The zero-order chi connectivity index (χ0) is 16.2. The van der Waals surface area contributed by atoms with Crippen molar-refractivity contribution in [3.63, 3.8) is 0 Å². The first-order valence-corrected chi connectivity index (χ1v) is 8.09. The van der Waals surface area contributed by atoms with Gasteiger partial charge in [0.1, 0.15) is 17.8 Å². The number of thiazole rings is 1. The van der Waals surface area contributed by atoms with Crippen LogP contribution in [0.4, 0.5) is 0 Å². The minimum absolute atomic E-state index is 0.0808. The number of amides is 1. The maximum Gasteiger partial charge on any atom is 0.271 e. The number of hydrogen-bond donors (Lipinski definition) is 2. The van der Waals surface area contributed by atoms with Gasteiger partial charge in [0.25, 0.3) is 5.91 Å². The van der Waals surface area contributed by atoms with E-state index in [9.17, 15) is 4.79 Å². The maximum absolute atomic E-state index is 12.4. The topological polar surface area (TPSA) is 83.6 Å².